The normalized spacial score (nSPS) is 11.4. The summed E-state index contributed by atoms with van der Waals surface area (Å²) in [5, 5.41) is 0.471. The number of halogens is 2. The van der Waals surface area contributed by atoms with E-state index in [0.717, 1.165) is 0 Å². The number of aryl methyl sites for hydroxylation is 2. The van der Waals surface area contributed by atoms with Crippen molar-refractivity contribution in [2.24, 2.45) is 0 Å². The molecular weight excluding hydrogens is 321 g/mol. The third-order valence-electron chi connectivity index (χ3n) is 2.35. The monoisotopic (exact) mass is 331 g/mol. The first-order valence-corrected chi connectivity index (χ1v) is 7.81. The van der Waals surface area contributed by atoms with Crippen molar-refractivity contribution in [3.8, 4) is 0 Å². The highest BCUT2D eigenvalue weighted by atomic mass is 35.5. The van der Waals surface area contributed by atoms with E-state index in [1.54, 1.807) is 19.9 Å². The number of anilines is 1. The van der Waals surface area contributed by atoms with E-state index >= 15 is 0 Å². The van der Waals surface area contributed by atoms with Gasteiger partial charge < -0.3 is 0 Å². The summed E-state index contributed by atoms with van der Waals surface area (Å²) >= 11 is 11.6. The quantitative estimate of drug-likeness (QED) is 0.937. The minimum atomic E-state index is -3.84. The van der Waals surface area contributed by atoms with E-state index < -0.39 is 10.0 Å². The SMILES string of the molecule is Cc1cc(C)nc(NS(=O)(=O)c2cc(Cl)cc(Cl)c2)n1. The van der Waals surface area contributed by atoms with Gasteiger partial charge in [0.15, 0.2) is 0 Å². The molecule has 0 saturated heterocycles. The number of nitrogens with one attached hydrogen (secondary N) is 1. The molecule has 0 fully saturated rings. The summed E-state index contributed by atoms with van der Waals surface area (Å²) in [7, 11) is -3.84. The predicted octanol–water partition coefficient (Wildman–Crippen LogP) is 3.20. The van der Waals surface area contributed by atoms with E-state index in [1.807, 2.05) is 0 Å². The van der Waals surface area contributed by atoms with Crippen LogP contribution in [-0.4, -0.2) is 18.4 Å². The number of rotatable bonds is 3. The molecule has 5 nitrogen and oxygen atoms in total. The Balaban J connectivity index is 2.40. The van der Waals surface area contributed by atoms with E-state index in [1.165, 1.54) is 18.2 Å². The molecule has 0 atom stereocenters. The molecule has 2 rings (SSSR count). The summed E-state index contributed by atoms with van der Waals surface area (Å²) in [5.41, 5.74) is 1.33. The molecule has 0 saturated carbocycles. The Morgan fingerprint density at radius 2 is 1.45 bits per heavy atom. The first-order valence-electron chi connectivity index (χ1n) is 5.57. The fourth-order valence-corrected chi connectivity index (χ4v) is 3.30. The van der Waals surface area contributed by atoms with Crippen LogP contribution in [0.3, 0.4) is 0 Å². The van der Waals surface area contributed by atoms with Crippen LogP contribution in [0.1, 0.15) is 11.4 Å². The van der Waals surface area contributed by atoms with Gasteiger partial charge in [0.05, 0.1) is 4.90 Å². The Kier molecular flexibility index (Phi) is 4.17. The van der Waals surface area contributed by atoms with E-state index in [-0.39, 0.29) is 20.9 Å². The maximum absolute atomic E-state index is 12.2. The molecule has 0 aliphatic heterocycles. The van der Waals surface area contributed by atoms with Crippen molar-refractivity contribution in [1.82, 2.24) is 9.97 Å². The lowest BCUT2D eigenvalue weighted by Gasteiger charge is -2.08. The van der Waals surface area contributed by atoms with Crippen molar-refractivity contribution in [3.05, 3.63) is 45.7 Å². The van der Waals surface area contributed by atoms with Crippen LogP contribution in [0.2, 0.25) is 10.0 Å². The average Bonchev–Trinajstić information content (AvgIpc) is 2.25. The van der Waals surface area contributed by atoms with Gasteiger partial charge in [-0.15, -0.1) is 0 Å². The van der Waals surface area contributed by atoms with Crippen molar-refractivity contribution >= 4 is 39.2 Å². The van der Waals surface area contributed by atoms with Crippen molar-refractivity contribution < 1.29 is 8.42 Å². The van der Waals surface area contributed by atoms with Crippen LogP contribution in [0.4, 0.5) is 5.95 Å². The molecule has 1 heterocycles. The second kappa shape index (κ2) is 5.55. The molecule has 0 aliphatic carbocycles. The summed E-state index contributed by atoms with van der Waals surface area (Å²) in [5.74, 6) is 0.0126. The fraction of sp³-hybridized carbons (Fsp3) is 0.167. The van der Waals surface area contributed by atoms with Gasteiger partial charge in [-0.2, -0.15) is 0 Å². The molecule has 0 aliphatic rings. The summed E-state index contributed by atoms with van der Waals surface area (Å²) in [6, 6.07) is 5.81. The molecule has 0 radical (unpaired) electrons. The van der Waals surface area contributed by atoms with Gasteiger partial charge in [0.1, 0.15) is 0 Å². The maximum atomic E-state index is 12.2. The van der Waals surface area contributed by atoms with Crippen LogP contribution in [0.15, 0.2) is 29.2 Å². The van der Waals surface area contributed by atoms with E-state index in [2.05, 4.69) is 14.7 Å². The summed E-state index contributed by atoms with van der Waals surface area (Å²) in [4.78, 5) is 8.00. The van der Waals surface area contributed by atoms with Crippen molar-refractivity contribution in [1.29, 1.82) is 0 Å². The van der Waals surface area contributed by atoms with Crippen LogP contribution < -0.4 is 4.72 Å². The summed E-state index contributed by atoms with van der Waals surface area (Å²) in [6.07, 6.45) is 0. The Hall–Kier alpha value is -1.37. The highest BCUT2D eigenvalue weighted by Crippen LogP contribution is 2.23. The van der Waals surface area contributed by atoms with Crippen LogP contribution in [0.25, 0.3) is 0 Å². The summed E-state index contributed by atoms with van der Waals surface area (Å²) in [6.45, 7) is 3.51. The Morgan fingerprint density at radius 1 is 0.950 bits per heavy atom. The van der Waals surface area contributed by atoms with Crippen LogP contribution in [0, 0.1) is 13.8 Å². The lowest BCUT2D eigenvalue weighted by atomic mass is 10.4. The zero-order valence-electron chi connectivity index (χ0n) is 10.7. The zero-order chi connectivity index (χ0) is 14.9. The van der Waals surface area contributed by atoms with Gasteiger partial charge in [-0.1, -0.05) is 23.2 Å². The Labute approximate surface area is 127 Å². The molecule has 0 unspecified atom stereocenters. The Bertz CT molecular complexity index is 723. The number of nitrogens with zero attached hydrogens (tertiary/aromatic N) is 2. The number of sulfonamides is 1. The molecule has 106 valence electrons. The topological polar surface area (TPSA) is 72.0 Å². The fourth-order valence-electron chi connectivity index (χ4n) is 1.63. The lowest BCUT2D eigenvalue weighted by Crippen LogP contribution is -2.15. The van der Waals surface area contributed by atoms with Crippen LogP contribution in [-0.2, 0) is 10.0 Å². The average molecular weight is 332 g/mol. The van der Waals surface area contributed by atoms with Gasteiger partial charge in [0.2, 0.25) is 5.95 Å². The molecule has 20 heavy (non-hydrogen) atoms. The standard InChI is InChI=1S/C12H11Cl2N3O2S/c1-7-3-8(2)16-12(15-7)17-20(18,19)11-5-9(13)4-10(14)6-11/h3-6H,1-2H3,(H,15,16,17). The van der Waals surface area contributed by atoms with E-state index in [4.69, 9.17) is 23.2 Å². The highest BCUT2D eigenvalue weighted by Gasteiger charge is 2.17. The molecule has 0 spiro atoms. The molecule has 2 aromatic rings. The minimum absolute atomic E-state index is 0.0126. The van der Waals surface area contributed by atoms with E-state index in [0.29, 0.717) is 11.4 Å². The van der Waals surface area contributed by atoms with Crippen molar-refractivity contribution in [3.63, 3.8) is 0 Å². The largest absolute Gasteiger partial charge is 0.264 e. The molecular formula is C12H11Cl2N3O2S. The molecule has 1 aromatic heterocycles. The van der Waals surface area contributed by atoms with E-state index in [9.17, 15) is 8.42 Å². The van der Waals surface area contributed by atoms with Crippen molar-refractivity contribution in [2.45, 2.75) is 18.7 Å². The lowest BCUT2D eigenvalue weighted by molar-refractivity contribution is 0.601. The molecule has 0 amide bonds. The molecule has 8 heteroatoms. The van der Waals surface area contributed by atoms with Crippen LogP contribution in [0.5, 0.6) is 0 Å². The molecule has 0 bridgehead atoms. The van der Waals surface area contributed by atoms with Crippen LogP contribution >= 0.6 is 23.2 Å². The van der Waals surface area contributed by atoms with Gasteiger partial charge in [-0.25, -0.2) is 23.1 Å². The van der Waals surface area contributed by atoms with Gasteiger partial charge in [0, 0.05) is 21.4 Å². The maximum Gasteiger partial charge on any atom is 0.264 e. The predicted molar refractivity (Wildman–Crippen MR) is 78.8 cm³/mol. The number of aromatic nitrogens is 2. The number of hydrogen-bond donors (Lipinski definition) is 1. The highest BCUT2D eigenvalue weighted by molar-refractivity contribution is 7.92. The smallest absolute Gasteiger partial charge is 0.247 e. The third-order valence-corrected chi connectivity index (χ3v) is 4.10. The number of hydrogen-bond acceptors (Lipinski definition) is 4. The second-order valence-corrected chi connectivity index (χ2v) is 6.74. The van der Waals surface area contributed by atoms with Gasteiger partial charge in [0.25, 0.3) is 10.0 Å². The Morgan fingerprint density at radius 3 is 1.95 bits per heavy atom. The first-order chi connectivity index (χ1) is 9.26. The van der Waals surface area contributed by atoms with Gasteiger partial charge in [-0.3, -0.25) is 0 Å². The first kappa shape index (κ1) is 15.0. The van der Waals surface area contributed by atoms with Gasteiger partial charge in [-0.05, 0) is 38.1 Å². The third kappa shape index (κ3) is 3.59. The molecule has 1 N–H and O–H groups in total. The number of benzene rings is 1. The molecule has 1 aromatic carbocycles. The zero-order valence-corrected chi connectivity index (χ0v) is 13.0. The summed E-state index contributed by atoms with van der Waals surface area (Å²) < 4.78 is 26.7. The second-order valence-electron chi connectivity index (χ2n) is 4.18. The van der Waals surface area contributed by atoms with Crippen molar-refractivity contribution in [2.75, 3.05) is 4.72 Å². The minimum Gasteiger partial charge on any atom is -0.247 e. The van der Waals surface area contributed by atoms with Gasteiger partial charge >= 0.3 is 0 Å².